The van der Waals surface area contributed by atoms with Gasteiger partial charge in [-0.2, -0.15) is 0 Å². The van der Waals surface area contributed by atoms with Gasteiger partial charge in [0.15, 0.2) is 0 Å². The van der Waals surface area contributed by atoms with E-state index in [0.717, 1.165) is 17.2 Å². The van der Waals surface area contributed by atoms with Gasteiger partial charge in [-0.15, -0.1) is 11.3 Å². The number of thiazole rings is 1. The van der Waals surface area contributed by atoms with Crippen LogP contribution in [0.2, 0.25) is 0 Å². The summed E-state index contributed by atoms with van der Waals surface area (Å²) in [5, 5.41) is 9.64. The number of hydrogen-bond donors (Lipinski definition) is 2. The molecule has 0 aliphatic heterocycles. The fourth-order valence-electron chi connectivity index (χ4n) is 2.28. The molecule has 0 bridgehead atoms. The van der Waals surface area contributed by atoms with Gasteiger partial charge in [0, 0.05) is 24.0 Å². The molecule has 0 radical (unpaired) electrons. The Balaban J connectivity index is 1.83. The second kappa shape index (κ2) is 6.96. The summed E-state index contributed by atoms with van der Waals surface area (Å²) in [5.74, 6) is 0.560. The molecule has 2 N–H and O–H groups in total. The highest BCUT2D eigenvalue weighted by atomic mass is 32.1. The van der Waals surface area contributed by atoms with E-state index in [1.54, 1.807) is 11.3 Å². The Morgan fingerprint density at radius 2 is 2.18 bits per heavy atom. The van der Waals surface area contributed by atoms with Gasteiger partial charge in [0.25, 0.3) is 0 Å². The summed E-state index contributed by atoms with van der Waals surface area (Å²) >= 11 is 1.66. The van der Waals surface area contributed by atoms with Crippen molar-refractivity contribution in [2.75, 3.05) is 6.54 Å². The predicted octanol–water partition coefficient (Wildman–Crippen LogP) is 3.41. The summed E-state index contributed by atoms with van der Waals surface area (Å²) < 4.78 is 5.35. The van der Waals surface area contributed by atoms with Crippen LogP contribution in [0.15, 0.2) is 5.38 Å². The summed E-state index contributed by atoms with van der Waals surface area (Å²) in [7, 11) is 0. The fourth-order valence-corrected chi connectivity index (χ4v) is 2.99. The van der Waals surface area contributed by atoms with Gasteiger partial charge in [-0.05, 0) is 53.4 Å². The molecule has 1 fully saturated rings. The quantitative estimate of drug-likeness (QED) is 0.841. The zero-order valence-corrected chi connectivity index (χ0v) is 14.9. The third-order valence-corrected chi connectivity index (χ3v) is 4.41. The molecule has 124 valence electrons. The molecule has 0 saturated heterocycles. The normalized spacial score (nSPS) is 17.9. The second-order valence-corrected chi connectivity index (χ2v) is 8.07. The molecular weight excluding hydrogens is 298 g/mol. The van der Waals surface area contributed by atoms with Gasteiger partial charge in [0.05, 0.1) is 10.7 Å². The Hall–Kier alpha value is -1.14. The van der Waals surface area contributed by atoms with Gasteiger partial charge in [-0.25, -0.2) is 9.78 Å². The average molecular weight is 325 g/mol. The molecule has 0 spiro atoms. The lowest BCUT2D eigenvalue weighted by Gasteiger charge is -2.24. The molecule has 2 unspecified atom stereocenters. The second-order valence-electron chi connectivity index (χ2n) is 7.01. The topological polar surface area (TPSA) is 63.2 Å². The molecule has 22 heavy (non-hydrogen) atoms. The van der Waals surface area contributed by atoms with Crippen molar-refractivity contribution in [1.82, 2.24) is 15.6 Å². The van der Waals surface area contributed by atoms with Crippen molar-refractivity contribution in [2.24, 2.45) is 5.92 Å². The third kappa shape index (κ3) is 5.57. The highest BCUT2D eigenvalue weighted by molar-refractivity contribution is 7.09. The van der Waals surface area contributed by atoms with Crippen molar-refractivity contribution in [2.45, 2.75) is 65.1 Å². The number of rotatable bonds is 6. The highest BCUT2D eigenvalue weighted by Gasteiger charge is 2.33. The SMILES string of the molecule is Cc1nc(C(C)NCC(NC(=O)OC(C)(C)C)C2CC2)cs1. The van der Waals surface area contributed by atoms with E-state index in [1.807, 2.05) is 27.7 Å². The molecular formula is C16H27N3O2S. The van der Waals surface area contributed by atoms with Crippen LogP contribution in [0.1, 0.15) is 57.3 Å². The first-order chi connectivity index (χ1) is 10.2. The molecule has 1 heterocycles. The Kier molecular flexibility index (Phi) is 5.45. The Labute approximate surface area is 136 Å². The van der Waals surface area contributed by atoms with Crippen molar-refractivity contribution < 1.29 is 9.53 Å². The molecule has 6 heteroatoms. The molecule has 5 nitrogen and oxygen atoms in total. The number of hydrogen-bond acceptors (Lipinski definition) is 5. The molecule has 1 aliphatic carbocycles. The number of nitrogens with zero attached hydrogens (tertiary/aromatic N) is 1. The molecule has 2 rings (SSSR count). The van der Waals surface area contributed by atoms with E-state index in [2.05, 4.69) is 27.9 Å². The van der Waals surface area contributed by atoms with Crippen LogP contribution in [-0.4, -0.2) is 29.3 Å². The maximum atomic E-state index is 11.9. The van der Waals surface area contributed by atoms with Crippen LogP contribution in [-0.2, 0) is 4.74 Å². The Morgan fingerprint density at radius 1 is 1.50 bits per heavy atom. The van der Waals surface area contributed by atoms with E-state index in [-0.39, 0.29) is 18.2 Å². The number of nitrogens with one attached hydrogen (secondary N) is 2. The number of aromatic nitrogens is 1. The number of aryl methyl sites for hydroxylation is 1. The van der Waals surface area contributed by atoms with E-state index < -0.39 is 5.60 Å². The van der Waals surface area contributed by atoms with Gasteiger partial charge in [-0.1, -0.05) is 0 Å². The number of carbonyl (C=O) groups is 1. The van der Waals surface area contributed by atoms with Crippen LogP contribution >= 0.6 is 11.3 Å². The maximum absolute atomic E-state index is 11.9. The standard InChI is InChI=1S/C16H27N3O2S/c1-10(14-9-22-11(2)18-14)17-8-13(12-6-7-12)19-15(20)21-16(3,4)5/h9-10,12-13,17H,6-8H2,1-5H3,(H,19,20). The summed E-state index contributed by atoms with van der Waals surface area (Å²) in [6.45, 7) is 10.5. The molecule has 1 saturated carbocycles. The molecule has 1 aromatic heterocycles. The zero-order chi connectivity index (χ0) is 16.3. The summed E-state index contributed by atoms with van der Waals surface area (Å²) in [4.78, 5) is 16.4. The minimum Gasteiger partial charge on any atom is -0.444 e. The Bertz CT molecular complexity index is 506. The molecule has 1 aliphatic rings. The number of carbonyl (C=O) groups excluding carboxylic acids is 1. The van der Waals surface area contributed by atoms with Gasteiger partial charge >= 0.3 is 6.09 Å². The van der Waals surface area contributed by atoms with Gasteiger partial charge in [-0.3, -0.25) is 0 Å². The first-order valence-electron chi connectivity index (χ1n) is 7.89. The molecule has 2 atom stereocenters. The lowest BCUT2D eigenvalue weighted by Crippen LogP contribution is -2.46. The average Bonchev–Trinajstić information content (AvgIpc) is 3.14. The highest BCUT2D eigenvalue weighted by Crippen LogP contribution is 2.32. The summed E-state index contributed by atoms with van der Waals surface area (Å²) in [6.07, 6.45) is 2.02. The van der Waals surface area contributed by atoms with E-state index in [1.165, 1.54) is 12.8 Å². The smallest absolute Gasteiger partial charge is 0.407 e. The van der Waals surface area contributed by atoms with Crippen LogP contribution < -0.4 is 10.6 Å². The van der Waals surface area contributed by atoms with E-state index in [0.29, 0.717) is 5.92 Å². The first-order valence-corrected chi connectivity index (χ1v) is 8.77. The monoisotopic (exact) mass is 325 g/mol. The van der Waals surface area contributed by atoms with Gasteiger partial charge < -0.3 is 15.4 Å². The third-order valence-electron chi connectivity index (χ3n) is 3.62. The lowest BCUT2D eigenvalue weighted by molar-refractivity contribution is 0.0497. The van der Waals surface area contributed by atoms with E-state index >= 15 is 0 Å². The number of ether oxygens (including phenoxy) is 1. The predicted molar refractivity (Wildman–Crippen MR) is 89.2 cm³/mol. The molecule has 1 aromatic rings. The van der Waals surface area contributed by atoms with Crippen LogP contribution in [0.5, 0.6) is 0 Å². The van der Waals surface area contributed by atoms with Crippen molar-refractivity contribution in [3.63, 3.8) is 0 Å². The van der Waals surface area contributed by atoms with Crippen molar-refractivity contribution >= 4 is 17.4 Å². The fraction of sp³-hybridized carbons (Fsp3) is 0.750. The van der Waals surface area contributed by atoms with Crippen LogP contribution in [0.3, 0.4) is 0 Å². The van der Waals surface area contributed by atoms with Crippen molar-refractivity contribution in [1.29, 1.82) is 0 Å². The first kappa shape index (κ1) is 17.2. The molecule has 0 aromatic carbocycles. The van der Waals surface area contributed by atoms with Crippen LogP contribution in [0.4, 0.5) is 4.79 Å². The lowest BCUT2D eigenvalue weighted by atomic mass is 10.1. The van der Waals surface area contributed by atoms with Gasteiger partial charge in [0.1, 0.15) is 5.60 Å². The van der Waals surface area contributed by atoms with Crippen molar-refractivity contribution in [3.05, 3.63) is 16.1 Å². The summed E-state index contributed by atoms with van der Waals surface area (Å²) in [6, 6.07) is 0.309. The van der Waals surface area contributed by atoms with Crippen LogP contribution in [0, 0.1) is 12.8 Å². The summed E-state index contributed by atoms with van der Waals surface area (Å²) in [5.41, 5.74) is 0.603. The number of amides is 1. The maximum Gasteiger partial charge on any atom is 0.407 e. The largest absolute Gasteiger partial charge is 0.444 e. The molecule has 1 amide bonds. The number of alkyl carbamates (subject to hydrolysis) is 1. The minimum absolute atomic E-state index is 0.122. The van der Waals surface area contributed by atoms with Crippen LogP contribution in [0.25, 0.3) is 0 Å². The van der Waals surface area contributed by atoms with E-state index in [4.69, 9.17) is 4.74 Å². The van der Waals surface area contributed by atoms with Gasteiger partial charge in [0.2, 0.25) is 0 Å². The zero-order valence-electron chi connectivity index (χ0n) is 14.1. The van der Waals surface area contributed by atoms with E-state index in [9.17, 15) is 4.79 Å². The Morgan fingerprint density at radius 3 is 2.68 bits per heavy atom. The van der Waals surface area contributed by atoms with Crippen molar-refractivity contribution in [3.8, 4) is 0 Å². The minimum atomic E-state index is -0.461.